The number of carbonyl (C=O) groups is 1. The van der Waals surface area contributed by atoms with Crippen LogP contribution in [0.25, 0.3) is 0 Å². The van der Waals surface area contributed by atoms with Crippen LogP contribution in [0.15, 0.2) is 22.6 Å². The number of nitrogens with zero attached hydrogens (tertiary/aromatic N) is 3. The molecule has 0 saturated carbocycles. The van der Waals surface area contributed by atoms with Gasteiger partial charge >= 0.3 is 6.03 Å². The number of carbonyl (C=O) groups excluding carboxylic acids is 1. The standard InChI is InChI=1S/C9H11N3O3S2/c1-7-4-5-11(10-7)9(13)12(17(14)15)8-3-2-6-16-8/h2-3,6H,4-5H2,1H3,(H,14,15)/p-1. The molecule has 2 amide bonds. The fourth-order valence-electron chi connectivity index (χ4n) is 1.43. The van der Waals surface area contributed by atoms with E-state index in [4.69, 9.17) is 0 Å². The molecule has 2 heterocycles. The minimum absolute atomic E-state index is 0.364. The lowest BCUT2D eigenvalue weighted by molar-refractivity contribution is 0.215. The van der Waals surface area contributed by atoms with Crippen LogP contribution in [0.1, 0.15) is 13.3 Å². The molecule has 1 atom stereocenters. The fourth-order valence-corrected chi connectivity index (χ4v) is 2.80. The van der Waals surface area contributed by atoms with Crippen LogP contribution in [0.2, 0.25) is 0 Å². The molecule has 1 aliphatic heterocycles. The Morgan fingerprint density at radius 2 is 2.47 bits per heavy atom. The summed E-state index contributed by atoms with van der Waals surface area (Å²) >= 11 is -1.45. The third-order valence-corrected chi connectivity index (χ3v) is 3.85. The highest BCUT2D eigenvalue weighted by Crippen LogP contribution is 2.24. The number of hydrogen-bond acceptors (Lipinski definition) is 5. The topological polar surface area (TPSA) is 76.0 Å². The maximum atomic E-state index is 12.0. The van der Waals surface area contributed by atoms with E-state index in [0.717, 1.165) is 5.71 Å². The van der Waals surface area contributed by atoms with Crippen LogP contribution in [0.3, 0.4) is 0 Å². The van der Waals surface area contributed by atoms with E-state index in [1.807, 2.05) is 0 Å². The van der Waals surface area contributed by atoms with Gasteiger partial charge in [0.1, 0.15) is 5.00 Å². The largest absolute Gasteiger partial charge is 0.755 e. The fraction of sp³-hybridized carbons (Fsp3) is 0.333. The first-order valence-corrected chi connectivity index (χ1v) is 6.79. The molecule has 0 bridgehead atoms. The van der Waals surface area contributed by atoms with Crippen LogP contribution < -0.4 is 4.31 Å². The highest BCUT2D eigenvalue weighted by Gasteiger charge is 2.26. The summed E-state index contributed by atoms with van der Waals surface area (Å²) in [5.41, 5.74) is 0.821. The van der Waals surface area contributed by atoms with Crippen molar-refractivity contribution in [1.29, 1.82) is 0 Å². The number of anilines is 1. The van der Waals surface area contributed by atoms with Gasteiger partial charge in [-0.2, -0.15) is 5.10 Å². The summed E-state index contributed by atoms with van der Waals surface area (Å²) in [6.07, 6.45) is 0.676. The minimum Gasteiger partial charge on any atom is -0.755 e. The van der Waals surface area contributed by atoms with Crippen molar-refractivity contribution in [2.45, 2.75) is 13.3 Å². The van der Waals surface area contributed by atoms with E-state index in [1.54, 1.807) is 24.4 Å². The Labute approximate surface area is 105 Å². The van der Waals surface area contributed by atoms with Gasteiger partial charge in [0.05, 0.1) is 17.8 Å². The molecule has 0 aromatic carbocycles. The van der Waals surface area contributed by atoms with Crippen molar-refractivity contribution in [2.24, 2.45) is 5.10 Å². The highest BCUT2D eigenvalue weighted by molar-refractivity contribution is 7.81. The molecule has 0 radical (unpaired) electrons. The molecule has 8 heteroatoms. The number of thiophene rings is 1. The molecule has 0 aliphatic carbocycles. The first-order valence-electron chi connectivity index (χ1n) is 4.88. The molecular formula is C9H10N3O3S2-. The van der Waals surface area contributed by atoms with Crippen molar-refractivity contribution in [3.05, 3.63) is 17.5 Å². The molecule has 1 aromatic heterocycles. The van der Waals surface area contributed by atoms with Gasteiger partial charge in [-0.15, -0.1) is 11.3 Å². The Morgan fingerprint density at radius 3 is 2.94 bits per heavy atom. The van der Waals surface area contributed by atoms with E-state index >= 15 is 0 Å². The molecular weight excluding hydrogens is 262 g/mol. The quantitative estimate of drug-likeness (QED) is 0.766. The van der Waals surface area contributed by atoms with Gasteiger partial charge < -0.3 is 4.55 Å². The molecule has 0 spiro atoms. The summed E-state index contributed by atoms with van der Waals surface area (Å²) in [6, 6.07) is 2.62. The summed E-state index contributed by atoms with van der Waals surface area (Å²) in [7, 11) is 0. The summed E-state index contributed by atoms with van der Waals surface area (Å²) < 4.78 is 22.9. The van der Waals surface area contributed by atoms with E-state index in [1.165, 1.54) is 16.3 Å². The summed E-state index contributed by atoms with van der Waals surface area (Å²) in [4.78, 5) is 12.0. The zero-order valence-electron chi connectivity index (χ0n) is 9.03. The van der Waals surface area contributed by atoms with Gasteiger partial charge in [0.2, 0.25) is 0 Å². The van der Waals surface area contributed by atoms with Gasteiger partial charge in [0.15, 0.2) is 0 Å². The second kappa shape index (κ2) is 4.94. The number of hydrazone groups is 1. The maximum Gasteiger partial charge on any atom is 0.356 e. The highest BCUT2D eigenvalue weighted by atomic mass is 32.2. The Hall–Kier alpha value is -1.25. The first kappa shape index (κ1) is 12.2. The van der Waals surface area contributed by atoms with Gasteiger partial charge in [-0.25, -0.2) is 14.1 Å². The predicted molar refractivity (Wildman–Crippen MR) is 65.5 cm³/mol. The van der Waals surface area contributed by atoms with E-state index in [-0.39, 0.29) is 0 Å². The molecule has 1 aromatic rings. The minimum atomic E-state index is -2.64. The molecule has 2 rings (SSSR count). The lowest BCUT2D eigenvalue weighted by atomic mass is 10.3. The van der Waals surface area contributed by atoms with Crippen molar-refractivity contribution < 1.29 is 13.6 Å². The summed E-state index contributed by atoms with van der Waals surface area (Å²) in [5, 5.41) is 7.24. The third kappa shape index (κ3) is 2.54. The second-order valence-corrected chi connectivity index (χ2v) is 5.18. The zero-order chi connectivity index (χ0) is 12.4. The van der Waals surface area contributed by atoms with Gasteiger partial charge in [0, 0.05) is 12.1 Å². The van der Waals surface area contributed by atoms with Crippen LogP contribution in [0, 0.1) is 0 Å². The van der Waals surface area contributed by atoms with E-state index in [9.17, 15) is 13.6 Å². The average molecular weight is 272 g/mol. The second-order valence-electron chi connectivity index (χ2n) is 3.45. The molecule has 0 N–H and O–H groups in total. The van der Waals surface area contributed by atoms with Gasteiger partial charge in [-0.1, -0.05) is 0 Å². The summed E-state index contributed by atoms with van der Waals surface area (Å²) in [6.45, 7) is 2.22. The van der Waals surface area contributed by atoms with Crippen molar-refractivity contribution in [2.75, 3.05) is 10.8 Å². The van der Waals surface area contributed by atoms with E-state index in [2.05, 4.69) is 5.10 Å². The maximum absolute atomic E-state index is 12.0. The summed E-state index contributed by atoms with van der Waals surface area (Å²) in [5.74, 6) is 0. The van der Waals surface area contributed by atoms with E-state index in [0.29, 0.717) is 22.3 Å². The van der Waals surface area contributed by atoms with Crippen molar-refractivity contribution in [3.63, 3.8) is 0 Å². The lowest BCUT2D eigenvalue weighted by Gasteiger charge is -2.25. The number of urea groups is 1. The monoisotopic (exact) mass is 272 g/mol. The number of hydrogen-bond donors (Lipinski definition) is 0. The zero-order valence-corrected chi connectivity index (χ0v) is 10.7. The van der Waals surface area contributed by atoms with Crippen molar-refractivity contribution in [3.8, 4) is 0 Å². The SMILES string of the molecule is CC1=NN(C(=O)N(c2cccs2)S(=O)[O-])CC1. The Balaban J connectivity index is 2.23. The van der Waals surface area contributed by atoms with Crippen LogP contribution in [0.5, 0.6) is 0 Å². The molecule has 1 aliphatic rings. The van der Waals surface area contributed by atoms with Crippen molar-refractivity contribution in [1.82, 2.24) is 5.01 Å². The van der Waals surface area contributed by atoms with E-state index < -0.39 is 17.3 Å². The van der Waals surface area contributed by atoms with Crippen LogP contribution in [-0.2, 0) is 11.3 Å². The molecule has 0 fully saturated rings. The van der Waals surface area contributed by atoms with Crippen LogP contribution in [0.4, 0.5) is 9.80 Å². The van der Waals surface area contributed by atoms with Crippen LogP contribution >= 0.6 is 11.3 Å². The first-order chi connectivity index (χ1) is 8.09. The lowest BCUT2D eigenvalue weighted by Crippen LogP contribution is -2.40. The molecule has 6 nitrogen and oxygen atoms in total. The number of amides is 2. The molecule has 1 unspecified atom stereocenters. The van der Waals surface area contributed by atoms with Gasteiger partial charge in [-0.3, -0.25) is 4.21 Å². The normalized spacial score (nSPS) is 16.8. The Bertz CT molecular complexity index is 472. The average Bonchev–Trinajstić information content (AvgIpc) is 2.88. The Kier molecular flexibility index (Phi) is 3.55. The van der Waals surface area contributed by atoms with Crippen LogP contribution in [-0.4, -0.2) is 32.1 Å². The smallest absolute Gasteiger partial charge is 0.356 e. The van der Waals surface area contributed by atoms with Gasteiger partial charge in [0.25, 0.3) is 0 Å². The third-order valence-electron chi connectivity index (χ3n) is 2.23. The predicted octanol–water partition coefficient (Wildman–Crippen LogP) is 1.55. The Morgan fingerprint density at radius 1 is 1.71 bits per heavy atom. The molecule has 17 heavy (non-hydrogen) atoms. The number of rotatable bonds is 2. The molecule has 92 valence electrons. The molecule has 0 saturated heterocycles. The van der Waals surface area contributed by atoms with Gasteiger partial charge in [-0.05, 0) is 24.4 Å². The van der Waals surface area contributed by atoms with Crippen molar-refractivity contribution >= 4 is 39.3 Å².